The largest absolute Gasteiger partial charge is 0.495 e. The quantitative estimate of drug-likeness (QED) is 0.914. The third-order valence-corrected chi connectivity index (χ3v) is 4.32. The first kappa shape index (κ1) is 15.6. The number of hydrogen-bond acceptors (Lipinski definition) is 5. The van der Waals surface area contributed by atoms with E-state index in [1.807, 2.05) is 25.1 Å². The van der Waals surface area contributed by atoms with Crippen LogP contribution in [-0.2, 0) is 11.2 Å². The van der Waals surface area contributed by atoms with Gasteiger partial charge in [-0.1, -0.05) is 11.6 Å². The summed E-state index contributed by atoms with van der Waals surface area (Å²) in [5.41, 5.74) is 1.43. The third kappa shape index (κ3) is 3.46. The van der Waals surface area contributed by atoms with Crippen LogP contribution in [-0.4, -0.2) is 37.3 Å². The van der Waals surface area contributed by atoms with Gasteiger partial charge < -0.3 is 14.7 Å². The van der Waals surface area contributed by atoms with Crippen LogP contribution < -0.4 is 9.64 Å². The lowest BCUT2D eigenvalue weighted by atomic mass is 10.1. The summed E-state index contributed by atoms with van der Waals surface area (Å²) in [4.78, 5) is 18.1. The average Bonchev–Trinajstić information content (AvgIpc) is 2.82. The van der Waals surface area contributed by atoms with Crippen molar-refractivity contribution in [3.8, 4) is 17.0 Å². The molecule has 0 radical (unpaired) electrons. The molecule has 0 aliphatic carbocycles. The van der Waals surface area contributed by atoms with Gasteiger partial charge in [0.2, 0.25) is 0 Å². The molecule has 0 atom stereocenters. The van der Waals surface area contributed by atoms with E-state index < -0.39 is 5.97 Å². The predicted molar refractivity (Wildman–Crippen MR) is 84.8 cm³/mol. The molecule has 1 aromatic carbocycles. The van der Waals surface area contributed by atoms with E-state index in [9.17, 15) is 4.79 Å². The molecule has 7 heteroatoms. The molecule has 2 rings (SSSR count). The number of carboxylic acid groups (broad SMARTS) is 1. The van der Waals surface area contributed by atoms with Crippen LogP contribution in [0.3, 0.4) is 0 Å². The number of anilines is 1. The molecule has 0 fully saturated rings. The van der Waals surface area contributed by atoms with Gasteiger partial charge in [-0.15, -0.1) is 11.3 Å². The molecular weight excluding hydrogens is 312 g/mol. The Morgan fingerprint density at radius 2 is 2.19 bits per heavy atom. The topological polar surface area (TPSA) is 62.7 Å². The molecule has 0 aliphatic heterocycles. The van der Waals surface area contributed by atoms with E-state index in [2.05, 4.69) is 4.98 Å². The fraction of sp³-hybridized carbons (Fsp3) is 0.286. The number of rotatable bonds is 5. The number of aliphatic carboxylic acids is 1. The van der Waals surface area contributed by atoms with E-state index >= 15 is 0 Å². The Bertz CT molecular complexity index is 670. The van der Waals surface area contributed by atoms with Crippen molar-refractivity contribution in [1.29, 1.82) is 0 Å². The van der Waals surface area contributed by atoms with Gasteiger partial charge in [0.15, 0.2) is 5.13 Å². The van der Waals surface area contributed by atoms with Gasteiger partial charge in [0, 0.05) is 24.5 Å². The molecule has 1 N–H and O–H groups in total. The molecule has 0 saturated carbocycles. The number of methoxy groups -OCH3 is 1. The monoisotopic (exact) mass is 326 g/mol. The summed E-state index contributed by atoms with van der Waals surface area (Å²) < 4.78 is 5.12. The molecule has 0 amide bonds. The molecule has 5 nitrogen and oxygen atoms in total. The second-order valence-electron chi connectivity index (χ2n) is 4.58. The Morgan fingerprint density at radius 3 is 2.71 bits per heavy atom. The fourth-order valence-electron chi connectivity index (χ4n) is 1.83. The summed E-state index contributed by atoms with van der Waals surface area (Å²) in [5, 5.41) is 10.3. The maximum atomic E-state index is 11.0. The smallest absolute Gasteiger partial charge is 0.308 e. The molecule has 21 heavy (non-hydrogen) atoms. The van der Waals surface area contributed by atoms with Crippen LogP contribution in [0.15, 0.2) is 18.2 Å². The van der Waals surface area contributed by atoms with E-state index in [-0.39, 0.29) is 6.42 Å². The zero-order chi connectivity index (χ0) is 15.6. The molecule has 0 unspecified atom stereocenters. The Hall–Kier alpha value is -1.79. The highest BCUT2D eigenvalue weighted by atomic mass is 35.5. The van der Waals surface area contributed by atoms with Gasteiger partial charge in [-0.25, -0.2) is 4.98 Å². The van der Waals surface area contributed by atoms with E-state index in [1.54, 1.807) is 19.2 Å². The van der Waals surface area contributed by atoms with Crippen LogP contribution in [0.4, 0.5) is 5.13 Å². The van der Waals surface area contributed by atoms with Crippen LogP contribution in [0.2, 0.25) is 5.02 Å². The maximum absolute atomic E-state index is 11.0. The van der Waals surface area contributed by atoms with Gasteiger partial charge in [-0.3, -0.25) is 4.79 Å². The highest BCUT2D eigenvalue weighted by molar-refractivity contribution is 7.16. The summed E-state index contributed by atoms with van der Waals surface area (Å²) in [6, 6.07) is 5.31. The number of halogens is 1. The molecule has 0 saturated heterocycles. The highest BCUT2D eigenvalue weighted by Gasteiger charge is 2.17. The van der Waals surface area contributed by atoms with Crippen molar-refractivity contribution in [2.45, 2.75) is 6.42 Å². The van der Waals surface area contributed by atoms with Crippen LogP contribution in [0.25, 0.3) is 11.3 Å². The lowest BCUT2D eigenvalue weighted by Crippen LogP contribution is -2.07. The van der Waals surface area contributed by atoms with Gasteiger partial charge in [-0.2, -0.15) is 0 Å². The zero-order valence-corrected chi connectivity index (χ0v) is 13.5. The van der Waals surface area contributed by atoms with E-state index in [0.29, 0.717) is 21.3 Å². The minimum Gasteiger partial charge on any atom is -0.495 e. The third-order valence-electron chi connectivity index (χ3n) is 2.81. The summed E-state index contributed by atoms with van der Waals surface area (Å²) in [6.45, 7) is 0. The number of thiazole rings is 1. The minimum atomic E-state index is -0.884. The molecule has 0 aliphatic rings. The number of hydrogen-bond donors (Lipinski definition) is 1. The molecule has 1 heterocycles. The second-order valence-corrected chi connectivity index (χ2v) is 6.05. The molecule has 0 bridgehead atoms. The lowest BCUT2D eigenvalue weighted by molar-refractivity contribution is -0.136. The highest BCUT2D eigenvalue weighted by Crippen LogP contribution is 2.36. The summed E-state index contributed by atoms with van der Waals surface area (Å²) >= 11 is 7.50. The first-order valence-corrected chi connectivity index (χ1v) is 7.34. The minimum absolute atomic E-state index is 0.0650. The standard InChI is InChI=1S/C14H15ClN2O3S/c1-17(2)14-16-13(11(21-14)7-12(18)19)8-4-5-10(20-3)9(15)6-8/h4-6H,7H2,1-3H3,(H,18,19). The Morgan fingerprint density at radius 1 is 1.48 bits per heavy atom. The summed E-state index contributed by atoms with van der Waals surface area (Å²) in [5.74, 6) is -0.312. The van der Waals surface area contributed by atoms with E-state index in [1.165, 1.54) is 11.3 Å². The normalized spacial score (nSPS) is 10.5. The van der Waals surface area contributed by atoms with Crippen LogP contribution in [0.1, 0.15) is 4.88 Å². The van der Waals surface area contributed by atoms with Crippen LogP contribution in [0.5, 0.6) is 5.75 Å². The van der Waals surface area contributed by atoms with Crippen LogP contribution >= 0.6 is 22.9 Å². The van der Waals surface area contributed by atoms with Crippen molar-refractivity contribution in [2.75, 3.05) is 26.1 Å². The van der Waals surface area contributed by atoms with Gasteiger partial charge in [0.1, 0.15) is 5.75 Å². The van der Waals surface area contributed by atoms with Gasteiger partial charge in [0.05, 0.1) is 24.2 Å². The number of carboxylic acids is 1. The van der Waals surface area contributed by atoms with Gasteiger partial charge in [0.25, 0.3) is 0 Å². The molecule has 1 aromatic heterocycles. The van der Waals surface area contributed by atoms with Crippen molar-refractivity contribution < 1.29 is 14.6 Å². The Kier molecular flexibility index (Phi) is 4.69. The van der Waals surface area contributed by atoms with Crippen molar-refractivity contribution >= 4 is 34.0 Å². The van der Waals surface area contributed by atoms with Crippen molar-refractivity contribution in [1.82, 2.24) is 4.98 Å². The zero-order valence-electron chi connectivity index (χ0n) is 11.9. The second kappa shape index (κ2) is 6.32. The number of aromatic nitrogens is 1. The number of benzene rings is 1. The van der Waals surface area contributed by atoms with Crippen LogP contribution in [0, 0.1) is 0 Å². The molecule has 2 aromatic rings. The number of nitrogens with zero attached hydrogens (tertiary/aromatic N) is 2. The molecule has 0 spiro atoms. The SMILES string of the molecule is COc1ccc(-c2nc(N(C)C)sc2CC(=O)O)cc1Cl. The summed E-state index contributed by atoms with van der Waals surface area (Å²) in [7, 11) is 5.28. The van der Waals surface area contributed by atoms with Gasteiger partial charge >= 0.3 is 5.97 Å². The number of ether oxygens (including phenoxy) is 1. The maximum Gasteiger partial charge on any atom is 0.308 e. The van der Waals surface area contributed by atoms with E-state index in [4.69, 9.17) is 21.4 Å². The Balaban J connectivity index is 2.50. The summed E-state index contributed by atoms with van der Waals surface area (Å²) in [6.07, 6.45) is -0.0650. The first-order valence-electron chi connectivity index (χ1n) is 6.15. The van der Waals surface area contributed by atoms with Gasteiger partial charge in [-0.05, 0) is 18.2 Å². The lowest BCUT2D eigenvalue weighted by Gasteiger charge is -2.06. The van der Waals surface area contributed by atoms with Crippen molar-refractivity contribution in [3.63, 3.8) is 0 Å². The first-order chi connectivity index (χ1) is 9.92. The Labute approximate surface area is 131 Å². The van der Waals surface area contributed by atoms with Crippen molar-refractivity contribution in [2.24, 2.45) is 0 Å². The van der Waals surface area contributed by atoms with E-state index in [0.717, 1.165) is 10.7 Å². The predicted octanol–water partition coefficient (Wildman–Crippen LogP) is 3.17. The molecule has 112 valence electrons. The fourth-order valence-corrected chi connectivity index (χ4v) is 3.08. The average molecular weight is 327 g/mol. The molecular formula is C14H15ClN2O3S. The van der Waals surface area contributed by atoms with Crippen molar-refractivity contribution in [3.05, 3.63) is 28.1 Å². The number of carbonyl (C=O) groups is 1.